The van der Waals surface area contributed by atoms with Crippen molar-refractivity contribution in [3.05, 3.63) is 0 Å². The fraction of sp³-hybridized carbons (Fsp3) is 1.00. The average Bonchev–Trinajstić information content (AvgIpc) is 2.61. The second-order valence-electron chi connectivity index (χ2n) is 6.14. The van der Waals surface area contributed by atoms with Gasteiger partial charge in [-0.15, -0.1) is 0 Å². The summed E-state index contributed by atoms with van der Waals surface area (Å²) in [4.78, 5) is 2.37. The molecule has 1 saturated heterocycles. The Hall–Kier alpha value is -0.120. The van der Waals surface area contributed by atoms with Gasteiger partial charge in [-0.25, -0.2) is 0 Å². The second-order valence-corrected chi connectivity index (χ2v) is 6.14. The number of ether oxygens (including phenoxy) is 1. The van der Waals surface area contributed by atoms with E-state index in [9.17, 15) is 0 Å². The molecule has 2 rings (SSSR count). The molecule has 0 bridgehead atoms. The van der Waals surface area contributed by atoms with Crippen molar-refractivity contribution in [3.63, 3.8) is 0 Å². The third-order valence-corrected chi connectivity index (χ3v) is 4.64. The van der Waals surface area contributed by atoms with Crippen LogP contribution in [-0.4, -0.2) is 50.3 Å². The van der Waals surface area contributed by atoms with E-state index in [1.54, 1.807) is 0 Å². The smallest absolute Gasteiger partial charge is 0.0826 e. The molecule has 2 fully saturated rings. The topological polar surface area (TPSA) is 24.5 Å². The predicted molar refractivity (Wildman–Crippen MR) is 75.9 cm³/mol. The fourth-order valence-electron chi connectivity index (χ4n) is 3.28. The standard InChI is InChI=1S/C15H30N2O/c1-3-13-5-4-6-14(8-7-13)16-11-15-12-17(2)9-10-18-15/h13-16H,3-12H2,1-2H3. The molecule has 0 aromatic carbocycles. The number of hydrogen-bond donors (Lipinski definition) is 1. The van der Waals surface area contributed by atoms with E-state index in [4.69, 9.17) is 4.74 Å². The SMILES string of the molecule is CCC1CCCC(NCC2CN(C)CCO2)CC1. The van der Waals surface area contributed by atoms with Crippen LogP contribution in [0.1, 0.15) is 45.4 Å². The van der Waals surface area contributed by atoms with Gasteiger partial charge in [-0.3, -0.25) is 0 Å². The summed E-state index contributed by atoms with van der Waals surface area (Å²) in [5.74, 6) is 0.980. The van der Waals surface area contributed by atoms with Crippen LogP contribution < -0.4 is 5.32 Å². The molecule has 0 amide bonds. The summed E-state index contributed by atoms with van der Waals surface area (Å²) < 4.78 is 5.81. The lowest BCUT2D eigenvalue weighted by molar-refractivity contribution is -0.0194. The van der Waals surface area contributed by atoms with Crippen molar-refractivity contribution in [3.8, 4) is 0 Å². The largest absolute Gasteiger partial charge is 0.374 e. The first-order valence-electron chi connectivity index (χ1n) is 7.81. The van der Waals surface area contributed by atoms with Crippen LogP contribution in [0.5, 0.6) is 0 Å². The number of likely N-dealkylation sites (N-methyl/N-ethyl adjacent to an activating group) is 1. The number of nitrogens with one attached hydrogen (secondary N) is 1. The highest BCUT2D eigenvalue weighted by Crippen LogP contribution is 2.25. The quantitative estimate of drug-likeness (QED) is 0.779. The summed E-state index contributed by atoms with van der Waals surface area (Å²) >= 11 is 0. The van der Waals surface area contributed by atoms with Crippen LogP contribution in [0.15, 0.2) is 0 Å². The van der Waals surface area contributed by atoms with Crippen molar-refractivity contribution in [1.82, 2.24) is 10.2 Å². The number of morpholine rings is 1. The van der Waals surface area contributed by atoms with E-state index in [-0.39, 0.29) is 0 Å². The van der Waals surface area contributed by atoms with Gasteiger partial charge in [0.1, 0.15) is 0 Å². The van der Waals surface area contributed by atoms with Gasteiger partial charge in [0.15, 0.2) is 0 Å². The van der Waals surface area contributed by atoms with Gasteiger partial charge in [0.05, 0.1) is 12.7 Å². The minimum Gasteiger partial charge on any atom is -0.374 e. The van der Waals surface area contributed by atoms with Crippen LogP contribution in [-0.2, 0) is 4.74 Å². The van der Waals surface area contributed by atoms with Gasteiger partial charge in [0, 0.05) is 25.7 Å². The Bertz CT molecular complexity index is 235. The van der Waals surface area contributed by atoms with Crippen molar-refractivity contribution in [2.45, 2.75) is 57.6 Å². The Morgan fingerprint density at radius 3 is 2.89 bits per heavy atom. The second kappa shape index (κ2) is 7.46. The molecule has 3 unspecified atom stereocenters. The highest BCUT2D eigenvalue weighted by Gasteiger charge is 2.21. The van der Waals surface area contributed by atoms with Crippen molar-refractivity contribution in [1.29, 1.82) is 0 Å². The van der Waals surface area contributed by atoms with Gasteiger partial charge < -0.3 is 15.0 Å². The molecule has 106 valence electrons. The summed E-state index contributed by atoms with van der Waals surface area (Å²) in [5.41, 5.74) is 0. The molecule has 1 aliphatic heterocycles. The molecule has 0 aromatic heterocycles. The maximum Gasteiger partial charge on any atom is 0.0826 e. The maximum absolute atomic E-state index is 5.81. The molecule has 3 heteroatoms. The molecule has 3 nitrogen and oxygen atoms in total. The van der Waals surface area contributed by atoms with Gasteiger partial charge in [-0.2, -0.15) is 0 Å². The van der Waals surface area contributed by atoms with E-state index in [0.717, 1.165) is 38.2 Å². The van der Waals surface area contributed by atoms with Gasteiger partial charge in [0.2, 0.25) is 0 Å². The fourth-order valence-corrected chi connectivity index (χ4v) is 3.28. The number of hydrogen-bond acceptors (Lipinski definition) is 3. The molecular weight excluding hydrogens is 224 g/mol. The highest BCUT2D eigenvalue weighted by atomic mass is 16.5. The van der Waals surface area contributed by atoms with E-state index in [1.165, 1.54) is 38.5 Å². The summed E-state index contributed by atoms with van der Waals surface area (Å²) in [7, 11) is 2.19. The predicted octanol–water partition coefficient (Wildman–Crippen LogP) is 2.27. The van der Waals surface area contributed by atoms with E-state index >= 15 is 0 Å². The molecular formula is C15H30N2O. The molecule has 1 N–H and O–H groups in total. The summed E-state index contributed by atoms with van der Waals surface area (Å²) in [6.07, 6.45) is 8.75. The van der Waals surface area contributed by atoms with Crippen LogP contribution in [0.3, 0.4) is 0 Å². The van der Waals surface area contributed by atoms with Crippen LogP contribution in [0.4, 0.5) is 0 Å². The van der Waals surface area contributed by atoms with E-state index in [2.05, 4.69) is 24.2 Å². The Balaban J connectivity index is 1.66. The summed E-state index contributed by atoms with van der Waals surface area (Å²) in [5, 5.41) is 3.74. The Labute approximate surface area is 112 Å². The van der Waals surface area contributed by atoms with Crippen molar-refractivity contribution in [2.75, 3.05) is 33.3 Å². The Morgan fingerprint density at radius 1 is 1.22 bits per heavy atom. The highest BCUT2D eigenvalue weighted by molar-refractivity contribution is 4.78. The van der Waals surface area contributed by atoms with Crippen molar-refractivity contribution < 1.29 is 4.74 Å². The molecule has 18 heavy (non-hydrogen) atoms. The van der Waals surface area contributed by atoms with Crippen LogP contribution in [0.2, 0.25) is 0 Å². The zero-order chi connectivity index (χ0) is 12.8. The zero-order valence-electron chi connectivity index (χ0n) is 12.2. The molecule has 0 radical (unpaired) electrons. The first-order valence-corrected chi connectivity index (χ1v) is 7.81. The van der Waals surface area contributed by atoms with E-state index < -0.39 is 0 Å². The van der Waals surface area contributed by atoms with Crippen LogP contribution >= 0.6 is 0 Å². The molecule has 1 heterocycles. The normalized spacial score (nSPS) is 35.3. The number of rotatable bonds is 4. The molecule has 1 saturated carbocycles. The molecule has 0 aromatic rings. The third kappa shape index (κ3) is 4.52. The lowest BCUT2D eigenvalue weighted by Crippen LogP contribution is -2.46. The molecule has 2 aliphatic rings. The van der Waals surface area contributed by atoms with Crippen molar-refractivity contribution in [2.24, 2.45) is 5.92 Å². The summed E-state index contributed by atoms with van der Waals surface area (Å²) in [6, 6.07) is 0.734. The van der Waals surface area contributed by atoms with Crippen LogP contribution in [0, 0.1) is 5.92 Å². The lowest BCUT2D eigenvalue weighted by Gasteiger charge is -2.31. The first kappa shape index (κ1) is 14.3. The Morgan fingerprint density at radius 2 is 2.11 bits per heavy atom. The van der Waals surface area contributed by atoms with Crippen LogP contribution in [0.25, 0.3) is 0 Å². The molecule has 0 spiro atoms. The number of nitrogens with zero attached hydrogens (tertiary/aromatic N) is 1. The minimum atomic E-state index is 0.397. The van der Waals surface area contributed by atoms with Crippen molar-refractivity contribution >= 4 is 0 Å². The minimum absolute atomic E-state index is 0.397. The van der Waals surface area contributed by atoms with Gasteiger partial charge >= 0.3 is 0 Å². The zero-order valence-corrected chi connectivity index (χ0v) is 12.2. The van der Waals surface area contributed by atoms with E-state index in [1.807, 2.05) is 0 Å². The Kier molecular flexibility index (Phi) is 5.93. The maximum atomic E-state index is 5.81. The summed E-state index contributed by atoms with van der Waals surface area (Å²) in [6.45, 7) is 6.43. The average molecular weight is 254 g/mol. The third-order valence-electron chi connectivity index (χ3n) is 4.64. The van der Waals surface area contributed by atoms with Gasteiger partial charge in [0.25, 0.3) is 0 Å². The van der Waals surface area contributed by atoms with Gasteiger partial charge in [-0.05, 0) is 32.2 Å². The molecule has 1 aliphatic carbocycles. The van der Waals surface area contributed by atoms with E-state index in [0.29, 0.717) is 6.10 Å². The molecule has 3 atom stereocenters. The first-order chi connectivity index (χ1) is 8.78. The lowest BCUT2D eigenvalue weighted by atomic mass is 9.98. The monoisotopic (exact) mass is 254 g/mol. The van der Waals surface area contributed by atoms with Gasteiger partial charge in [-0.1, -0.05) is 26.2 Å².